The zero-order valence-corrected chi connectivity index (χ0v) is 9.90. The van der Waals surface area contributed by atoms with Crippen LogP contribution in [0.4, 0.5) is 0 Å². The Bertz CT molecular complexity index is 290. The van der Waals surface area contributed by atoms with Gasteiger partial charge in [0.2, 0.25) is 0 Å². The maximum absolute atomic E-state index is 11.3. The molecule has 2 heteroatoms. The van der Waals surface area contributed by atoms with E-state index in [4.69, 9.17) is 0 Å². The van der Waals surface area contributed by atoms with Gasteiger partial charge in [0, 0.05) is 5.41 Å². The number of aliphatic carboxylic acids is 1. The molecule has 0 aromatic heterocycles. The molecule has 15 heavy (non-hydrogen) atoms. The van der Waals surface area contributed by atoms with Gasteiger partial charge in [0.05, 0.1) is 5.92 Å². The van der Waals surface area contributed by atoms with E-state index in [1.165, 1.54) is 0 Å². The Hall–Kier alpha value is -1.05. The van der Waals surface area contributed by atoms with Crippen molar-refractivity contribution < 1.29 is 9.90 Å². The Labute approximate surface area is 91.7 Å². The van der Waals surface area contributed by atoms with Gasteiger partial charge in [-0.1, -0.05) is 52.0 Å². The van der Waals surface area contributed by atoms with Crippen molar-refractivity contribution in [3.05, 3.63) is 24.3 Å². The Morgan fingerprint density at radius 2 is 1.73 bits per heavy atom. The summed E-state index contributed by atoms with van der Waals surface area (Å²) in [6, 6.07) is 0. The number of hydrogen-bond donors (Lipinski definition) is 1. The summed E-state index contributed by atoms with van der Waals surface area (Å²) in [5.74, 6) is -0.486. The minimum atomic E-state index is -0.724. The van der Waals surface area contributed by atoms with E-state index in [9.17, 15) is 9.90 Å². The number of allylic oxidation sites excluding steroid dienone is 3. The van der Waals surface area contributed by atoms with Gasteiger partial charge in [-0.05, 0) is 11.8 Å². The van der Waals surface area contributed by atoms with Crippen molar-refractivity contribution in [3.63, 3.8) is 0 Å². The first-order chi connectivity index (χ1) is 6.93. The summed E-state index contributed by atoms with van der Waals surface area (Å²) >= 11 is 0. The van der Waals surface area contributed by atoms with Gasteiger partial charge in [0.25, 0.3) is 0 Å². The van der Waals surface area contributed by atoms with Crippen LogP contribution in [0.15, 0.2) is 24.3 Å². The maximum Gasteiger partial charge on any atom is 0.311 e. The first-order valence-electron chi connectivity index (χ1n) is 5.51. The molecule has 1 aliphatic carbocycles. The molecular formula is C13H20O2. The van der Waals surface area contributed by atoms with Gasteiger partial charge in [0.1, 0.15) is 0 Å². The molecule has 0 fully saturated rings. The van der Waals surface area contributed by atoms with Crippen molar-refractivity contribution in [2.75, 3.05) is 0 Å². The highest BCUT2D eigenvalue weighted by atomic mass is 16.4. The van der Waals surface area contributed by atoms with Crippen LogP contribution in [-0.4, -0.2) is 11.1 Å². The SMILES string of the molecule is CC(C)C1(C(C)C)C=CC=CC1C(=O)O. The lowest BCUT2D eigenvalue weighted by molar-refractivity contribution is -0.145. The Kier molecular flexibility index (Phi) is 3.38. The van der Waals surface area contributed by atoms with E-state index in [0.717, 1.165) is 0 Å². The van der Waals surface area contributed by atoms with Crippen LogP contribution < -0.4 is 0 Å². The molecular weight excluding hydrogens is 188 g/mol. The van der Waals surface area contributed by atoms with Gasteiger partial charge in [0.15, 0.2) is 0 Å². The number of carbonyl (C=O) groups is 1. The molecule has 1 rings (SSSR count). The largest absolute Gasteiger partial charge is 0.481 e. The topological polar surface area (TPSA) is 37.3 Å². The fourth-order valence-corrected chi connectivity index (χ4v) is 2.73. The maximum atomic E-state index is 11.3. The van der Waals surface area contributed by atoms with E-state index in [2.05, 4.69) is 33.8 Å². The summed E-state index contributed by atoms with van der Waals surface area (Å²) in [6.07, 6.45) is 7.69. The van der Waals surface area contributed by atoms with E-state index in [1.807, 2.05) is 18.2 Å². The third-order valence-electron chi connectivity index (χ3n) is 3.60. The summed E-state index contributed by atoms with van der Waals surface area (Å²) in [6.45, 7) is 8.39. The standard InChI is InChI=1S/C13H20O2/c1-9(2)13(10(3)4)8-6-5-7-11(13)12(14)15/h5-11H,1-4H3,(H,14,15). The molecule has 1 unspecified atom stereocenters. The third kappa shape index (κ3) is 1.85. The zero-order chi connectivity index (χ0) is 11.6. The fraction of sp³-hybridized carbons (Fsp3) is 0.615. The van der Waals surface area contributed by atoms with Crippen LogP contribution >= 0.6 is 0 Å². The summed E-state index contributed by atoms with van der Waals surface area (Å²) in [5, 5.41) is 9.29. The predicted octanol–water partition coefficient (Wildman–Crippen LogP) is 3.11. The van der Waals surface area contributed by atoms with Crippen molar-refractivity contribution in [2.24, 2.45) is 23.2 Å². The molecule has 1 N–H and O–H groups in total. The van der Waals surface area contributed by atoms with Crippen molar-refractivity contribution >= 4 is 5.97 Å². The molecule has 84 valence electrons. The molecule has 2 nitrogen and oxygen atoms in total. The first-order valence-corrected chi connectivity index (χ1v) is 5.51. The normalized spacial score (nSPS) is 23.7. The summed E-state index contributed by atoms with van der Waals surface area (Å²) in [4.78, 5) is 11.3. The summed E-state index contributed by atoms with van der Waals surface area (Å²) < 4.78 is 0. The van der Waals surface area contributed by atoms with Gasteiger partial charge >= 0.3 is 5.97 Å². The second-order valence-corrected chi connectivity index (χ2v) is 4.87. The average Bonchev–Trinajstić information content (AvgIpc) is 2.16. The van der Waals surface area contributed by atoms with Crippen molar-refractivity contribution in [1.29, 1.82) is 0 Å². The van der Waals surface area contributed by atoms with Crippen LogP contribution in [0.3, 0.4) is 0 Å². The molecule has 0 spiro atoms. The summed E-state index contributed by atoms with van der Waals surface area (Å²) in [7, 11) is 0. The first kappa shape index (κ1) is 12.0. The van der Waals surface area contributed by atoms with Crippen molar-refractivity contribution in [3.8, 4) is 0 Å². The second-order valence-electron chi connectivity index (χ2n) is 4.87. The lowest BCUT2D eigenvalue weighted by atomic mass is 9.59. The predicted molar refractivity (Wildman–Crippen MR) is 61.5 cm³/mol. The van der Waals surface area contributed by atoms with Crippen molar-refractivity contribution in [1.82, 2.24) is 0 Å². The number of carboxylic acids is 1. The van der Waals surface area contributed by atoms with Crippen LogP contribution in [0.2, 0.25) is 0 Å². The van der Waals surface area contributed by atoms with E-state index >= 15 is 0 Å². The minimum Gasteiger partial charge on any atom is -0.481 e. The molecule has 1 atom stereocenters. The van der Waals surface area contributed by atoms with Gasteiger partial charge in [-0.15, -0.1) is 0 Å². The van der Waals surface area contributed by atoms with Crippen LogP contribution in [0.25, 0.3) is 0 Å². The van der Waals surface area contributed by atoms with E-state index < -0.39 is 11.9 Å². The molecule has 0 aliphatic heterocycles. The number of carboxylic acid groups (broad SMARTS) is 1. The smallest absolute Gasteiger partial charge is 0.311 e. The average molecular weight is 208 g/mol. The van der Waals surface area contributed by atoms with E-state index in [1.54, 1.807) is 0 Å². The molecule has 0 bridgehead atoms. The van der Waals surface area contributed by atoms with Gasteiger partial charge in [-0.2, -0.15) is 0 Å². The highest BCUT2D eigenvalue weighted by Crippen LogP contribution is 2.46. The van der Waals surface area contributed by atoms with Gasteiger partial charge in [-0.3, -0.25) is 4.79 Å². The summed E-state index contributed by atoms with van der Waals surface area (Å²) in [5.41, 5.74) is -0.249. The monoisotopic (exact) mass is 208 g/mol. The molecule has 0 heterocycles. The Morgan fingerprint density at radius 3 is 2.07 bits per heavy atom. The number of hydrogen-bond acceptors (Lipinski definition) is 1. The molecule has 1 aliphatic rings. The molecule has 0 aromatic carbocycles. The lowest BCUT2D eigenvalue weighted by Crippen LogP contribution is -2.42. The molecule has 0 aromatic rings. The van der Waals surface area contributed by atoms with E-state index in [0.29, 0.717) is 11.8 Å². The zero-order valence-electron chi connectivity index (χ0n) is 9.90. The van der Waals surface area contributed by atoms with E-state index in [-0.39, 0.29) is 5.41 Å². The Balaban J connectivity index is 3.19. The van der Waals surface area contributed by atoms with Crippen molar-refractivity contribution in [2.45, 2.75) is 27.7 Å². The van der Waals surface area contributed by atoms with Gasteiger partial charge < -0.3 is 5.11 Å². The highest BCUT2D eigenvalue weighted by molar-refractivity contribution is 5.74. The van der Waals surface area contributed by atoms with Crippen LogP contribution in [0, 0.1) is 23.2 Å². The van der Waals surface area contributed by atoms with Crippen LogP contribution in [-0.2, 0) is 4.79 Å². The minimum absolute atomic E-state index is 0.249. The third-order valence-corrected chi connectivity index (χ3v) is 3.60. The van der Waals surface area contributed by atoms with Crippen LogP contribution in [0.5, 0.6) is 0 Å². The fourth-order valence-electron chi connectivity index (χ4n) is 2.73. The molecule has 0 radical (unpaired) electrons. The molecule has 0 amide bonds. The number of rotatable bonds is 3. The quantitative estimate of drug-likeness (QED) is 0.773. The lowest BCUT2D eigenvalue weighted by Gasteiger charge is -2.43. The molecule has 0 saturated heterocycles. The van der Waals surface area contributed by atoms with Crippen LogP contribution in [0.1, 0.15) is 27.7 Å². The highest BCUT2D eigenvalue weighted by Gasteiger charge is 2.45. The second kappa shape index (κ2) is 4.21. The van der Waals surface area contributed by atoms with Gasteiger partial charge in [-0.25, -0.2) is 0 Å². The Morgan fingerprint density at radius 1 is 1.20 bits per heavy atom. The molecule has 0 saturated carbocycles.